The Bertz CT molecular complexity index is 423. The normalized spacial score (nSPS) is 11.8. The first-order valence-electron chi connectivity index (χ1n) is 6.18. The van der Waals surface area contributed by atoms with E-state index in [1.54, 1.807) is 0 Å². The van der Waals surface area contributed by atoms with E-state index in [0.717, 1.165) is 13.1 Å². The van der Waals surface area contributed by atoms with Crippen molar-refractivity contribution in [3.8, 4) is 5.88 Å². The van der Waals surface area contributed by atoms with Crippen LogP contribution in [0, 0.1) is 0 Å². The fourth-order valence-corrected chi connectivity index (χ4v) is 1.52. The summed E-state index contributed by atoms with van der Waals surface area (Å²) >= 11 is 0. The maximum Gasteiger partial charge on any atom is 0.451 e. The summed E-state index contributed by atoms with van der Waals surface area (Å²) in [5.41, 5.74) is 2.06. The van der Waals surface area contributed by atoms with Gasteiger partial charge in [0.2, 0.25) is 11.7 Å². The first-order chi connectivity index (χ1) is 9.40. The molecule has 0 aliphatic rings. The van der Waals surface area contributed by atoms with Crippen molar-refractivity contribution < 1.29 is 17.9 Å². The van der Waals surface area contributed by atoms with Crippen LogP contribution in [0.25, 0.3) is 0 Å². The molecule has 0 fully saturated rings. The molecule has 20 heavy (non-hydrogen) atoms. The molecule has 1 aromatic heterocycles. The van der Waals surface area contributed by atoms with Gasteiger partial charge in [-0.1, -0.05) is 13.8 Å². The lowest BCUT2D eigenvalue weighted by Crippen LogP contribution is -2.28. The van der Waals surface area contributed by atoms with Gasteiger partial charge in [0.15, 0.2) is 0 Å². The van der Waals surface area contributed by atoms with Crippen LogP contribution in [0.5, 0.6) is 5.88 Å². The van der Waals surface area contributed by atoms with Crippen LogP contribution in [0.15, 0.2) is 6.07 Å². The molecule has 0 saturated heterocycles. The highest BCUT2D eigenvalue weighted by Crippen LogP contribution is 2.28. The fourth-order valence-electron chi connectivity index (χ4n) is 1.52. The lowest BCUT2D eigenvalue weighted by Gasteiger charge is -2.18. The number of nitrogens with one attached hydrogen (secondary N) is 1. The number of rotatable bonds is 7. The van der Waals surface area contributed by atoms with E-state index in [1.807, 2.05) is 13.8 Å². The average Bonchev–Trinajstić information content (AvgIpc) is 2.42. The van der Waals surface area contributed by atoms with Gasteiger partial charge in [-0.2, -0.15) is 18.2 Å². The third kappa shape index (κ3) is 4.82. The Labute approximate surface area is 115 Å². The Morgan fingerprint density at radius 3 is 2.45 bits per heavy atom. The van der Waals surface area contributed by atoms with E-state index in [4.69, 9.17) is 10.6 Å². The van der Waals surface area contributed by atoms with Crippen LogP contribution in [-0.2, 0) is 6.18 Å². The maximum atomic E-state index is 12.6. The number of hydrogen-bond acceptors (Lipinski definition) is 6. The molecule has 6 nitrogen and oxygen atoms in total. The molecule has 1 aromatic rings. The van der Waals surface area contributed by atoms with Gasteiger partial charge in [-0.25, -0.2) is 10.8 Å². The van der Waals surface area contributed by atoms with Gasteiger partial charge in [-0.3, -0.25) is 0 Å². The van der Waals surface area contributed by atoms with E-state index < -0.39 is 12.0 Å². The Morgan fingerprint density at radius 1 is 1.30 bits per heavy atom. The molecule has 0 aliphatic heterocycles. The molecule has 0 aliphatic carbocycles. The van der Waals surface area contributed by atoms with Crippen molar-refractivity contribution in [2.45, 2.75) is 20.0 Å². The van der Waals surface area contributed by atoms with Crippen molar-refractivity contribution in [3.05, 3.63) is 11.9 Å². The van der Waals surface area contributed by atoms with Crippen LogP contribution < -0.4 is 16.0 Å². The number of hydrazine groups is 1. The number of halogens is 3. The molecule has 0 saturated carbocycles. The Hall–Kier alpha value is -1.61. The Morgan fingerprint density at radius 2 is 1.95 bits per heavy atom. The molecule has 1 rings (SSSR count). The molecular weight excluding hydrogens is 275 g/mol. The van der Waals surface area contributed by atoms with Crippen LogP contribution in [-0.4, -0.2) is 41.1 Å². The molecule has 0 bridgehead atoms. The smallest absolute Gasteiger partial charge is 0.451 e. The number of alkyl halides is 3. The quantitative estimate of drug-likeness (QED) is 0.586. The zero-order valence-corrected chi connectivity index (χ0v) is 11.4. The number of ether oxygens (including phenoxy) is 1. The largest absolute Gasteiger partial charge is 0.476 e. The van der Waals surface area contributed by atoms with Gasteiger partial charge in [0.05, 0.1) is 0 Å². The molecule has 114 valence electrons. The summed E-state index contributed by atoms with van der Waals surface area (Å²) in [6, 6.07) is 1.22. The number of nitrogens with zero attached hydrogens (tertiary/aromatic N) is 3. The summed E-state index contributed by atoms with van der Waals surface area (Å²) in [6.45, 7) is 6.50. The van der Waals surface area contributed by atoms with Gasteiger partial charge in [-0.15, -0.1) is 0 Å². The van der Waals surface area contributed by atoms with Gasteiger partial charge in [0, 0.05) is 12.6 Å². The second-order valence-corrected chi connectivity index (χ2v) is 3.93. The van der Waals surface area contributed by atoms with Gasteiger partial charge in [-0.05, 0) is 13.1 Å². The van der Waals surface area contributed by atoms with E-state index in [2.05, 4.69) is 20.3 Å². The summed E-state index contributed by atoms with van der Waals surface area (Å²) in [5, 5.41) is 0. The molecule has 9 heteroatoms. The van der Waals surface area contributed by atoms with Crippen LogP contribution >= 0.6 is 0 Å². The second-order valence-electron chi connectivity index (χ2n) is 3.93. The molecule has 1 heterocycles. The van der Waals surface area contributed by atoms with Crippen molar-refractivity contribution in [2.24, 2.45) is 5.84 Å². The summed E-state index contributed by atoms with van der Waals surface area (Å²) in [5.74, 6) is 3.49. The van der Waals surface area contributed by atoms with Gasteiger partial charge < -0.3 is 15.1 Å². The minimum atomic E-state index is -4.65. The summed E-state index contributed by atoms with van der Waals surface area (Å²) in [7, 11) is 0. The highest BCUT2D eigenvalue weighted by Gasteiger charge is 2.35. The van der Waals surface area contributed by atoms with E-state index in [1.165, 1.54) is 6.07 Å². The number of likely N-dealkylation sites (N-methyl/N-ethyl adjacent to an activating group) is 1. The minimum Gasteiger partial charge on any atom is -0.476 e. The van der Waals surface area contributed by atoms with Crippen LogP contribution in [0.1, 0.15) is 19.7 Å². The molecule has 0 unspecified atom stereocenters. The van der Waals surface area contributed by atoms with E-state index in [-0.39, 0.29) is 18.3 Å². The average molecular weight is 293 g/mol. The predicted octanol–water partition coefficient (Wildman–Crippen LogP) is 1.50. The van der Waals surface area contributed by atoms with Crippen molar-refractivity contribution in [3.63, 3.8) is 0 Å². The first kappa shape index (κ1) is 16.4. The minimum absolute atomic E-state index is 0.148. The number of anilines is 1. The SMILES string of the molecule is CCN(CC)CCOc1cc(NN)nc(C(F)(F)F)n1. The van der Waals surface area contributed by atoms with E-state index >= 15 is 0 Å². The Balaban J connectivity index is 2.74. The monoisotopic (exact) mass is 293 g/mol. The molecule has 3 N–H and O–H groups in total. The number of nitrogens with two attached hydrogens (primary N) is 1. The maximum absolute atomic E-state index is 12.6. The third-order valence-corrected chi connectivity index (χ3v) is 2.66. The van der Waals surface area contributed by atoms with Crippen molar-refractivity contribution >= 4 is 5.82 Å². The molecule has 0 aromatic carbocycles. The van der Waals surface area contributed by atoms with Crippen molar-refractivity contribution in [2.75, 3.05) is 31.7 Å². The number of nitrogen functional groups attached to an aromatic ring is 1. The van der Waals surface area contributed by atoms with Gasteiger partial charge in [0.1, 0.15) is 12.4 Å². The summed E-state index contributed by atoms with van der Waals surface area (Å²) in [4.78, 5) is 8.64. The standard InChI is InChI=1S/C11H18F3N5O/c1-3-19(4-2)5-6-20-9-7-8(18-15)16-10(17-9)11(12,13)14/h7H,3-6,15H2,1-2H3,(H,16,17,18). The zero-order chi connectivity index (χ0) is 15.2. The summed E-state index contributed by atoms with van der Waals surface area (Å²) < 4.78 is 43.0. The van der Waals surface area contributed by atoms with Crippen LogP contribution in [0.3, 0.4) is 0 Å². The molecule has 0 amide bonds. The van der Waals surface area contributed by atoms with E-state index in [0.29, 0.717) is 6.54 Å². The zero-order valence-electron chi connectivity index (χ0n) is 11.4. The van der Waals surface area contributed by atoms with Crippen molar-refractivity contribution in [1.29, 1.82) is 0 Å². The molecule has 0 spiro atoms. The second kappa shape index (κ2) is 7.25. The van der Waals surface area contributed by atoms with Crippen LogP contribution in [0.2, 0.25) is 0 Å². The molecule has 0 atom stereocenters. The topological polar surface area (TPSA) is 76.3 Å². The van der Waals surface area contributed by atoms with Gasteiger partial charge in [0.25, 0.3) is 0 Å². The first-order valence-corrected chi connectivity index (χ1v) is 6.18. The summed E-state index contributed by atoms with van der Waals surface area (Å²) in [6.07, 6.45) is -4.65. The third-order valence-electron chi connectivity index (χ3n) is 2.66. The molecule has 0 radical (unpaired) electrons. The van der Waals surface area contributed by atoms with E-state index in [9.17, 15) is 13.2 Å². The Kier molecular flexibility index (Phi) is 5.96. The highest BCUT2D eigenvalue weighted by molar-refractivity contribution is 5.37. The van der Waals surface area contributed by atoms with Crippen LogP contribution in [0.4, 0.5) is 19.0 Å². The lowest BCUT2D eigenvalue weighted by atomic mass is 10.4. The lowest BCUT2D eigenvalue weighted by molar-refractivity contribution is -0.145. The number of aromatic nitrogens is 2. The highest BCUT2D eigenvalue weighted by atomic mass is 19.4. The van der Waals surface area contributed by atoms with Crippen molar-refractivity contribution in [1.82, 2.24) is 14.9 Å². The number of hydrogen-bond donors (Lipinski definition) is 2. The van der Waals surface area contributed by atoms with Gasteiger partial charge >= 0.3 is 6.18 Å². The fraction of sp³-hybridized carbons (Fsp3) is 0.636. The predicted molar refractivity (Wildman–Crippen MR) is 68.1 cm³/mol. The molecular formula is C11H18F3N5O.